The van der Waals surface area contributed by atoms with Gasteiger partial charge < -0.3 is 29.7 Å². The molecule has 0 saturated carbocycles. The summed E-state index contributed by atoms with van der Waals surface area (Å²) in [5, 5.41) is 7.30. The van der Waals surface area contributed by atoms with E-state index in [4.69, 9.17) is 0 Å². The van der Waals surface area contributed by atoms with Crippen molar-refractivity contribution in [2.45, 2.75) is 297 Å². The SMILES string of the molecule is CC.CC.CC.CC.CC.CC.CC.CC.CC.CC.CC.CC.CC.CC.CC.CC.CC.CC.CC.CC.O=C(c1ccnnc1)c1ccccc1NS(=O)(=O)c1ccccc1.O=C(c1cnccn1)c1ccccc1NS(=O)(=O)c1ccccc1.O=C(c1cncnc1)c1ccccc1NS(=O)(=O)c1ccccc1.O=C(c1ncccn1)c1ccccc1NS(=O)(=O)c1ccccc1.[CH3-].[CH3-].[CH3-].[CH3-].[Yb].[Yb].[Yb].[Yb]. The number of nitrogens with one attached hydrogen (secondary N) is 4. The van der Waals surface area contributed by atoms with Crippen LogP contribution in [0.4, 0.5) is 22.7 Å². The molecule has 0 aliphatic rings. The normalized spacial score (nSPS) is 8.17. The molecule has 0 radical (unpaired) electrons. The van der Waals surface area contributed by atoms with Crippen molar-refractivity contribution in [3.63, 3.8) is 0 Å². The summed E-state index contributed by atoms with van der Waals surface area (Å²) in [6.45, 7) is 80.0. The summed E-state index contributed by atoms with van der Waals surface area (Å²) in [6, 6.07) is 60.5. The van der Waals surface area contributed by atoms with Crippen LogP contribution in [-0.2, 0) is 40.1 Å². The first-order chi connectivity index (χ1) is 66.3. The second-order valence-corrected chi connectivity index (χ2v) is 26.3. The van der Waals surface area contributed by atoms with Gasteiger partial charge in [-0.2, -0.15) is 10.2 Å². The Bertz CT molecular complexity index is 4530. The van der Waals surface area contributed by atoms with Gasteiger partial charge in [-0.25, -0.2) is 58.6 Å². The van der Waals surface area contributed by atoms with Crippen LogP contribution >= 0.6 is 0 Å². The maximum atomic E-state index is 12.6. The molecule has 0 aliphatic carbocycles. The molecule has 0 unspecified atom stereocenters. The molecule has 0 atom stereocenters. The zero-order valence-electron chi connectivity index (χ0n) is 94.9. The van der Waals surface area contributed by atoms with E-state index in [0.717, 1.165) is 0 Å². The van der Waals surface area contributed by atoms with Gasteiger partial charge in [0.15, 0.2) is 11.6 Å². The van der Waals surface area contributed by atoms with Gasteiger partial charge in [0.25, 0.3) is 40.1 Å². The van der Waals surface area contributed by atoms with Gasteiger partial charge >= 0.3 is 0 Å². The fourth-order valence-electron chi connectivity index (χ4n) is 8.54. The van der Waals surface area contributed by atoms with E-state index >= 15 is 0 Å². The molecule has 32 heteroatoms. The van der Waals surface area contributed by atoms with E-state index in [0.29, 0.717) is 5.56 Å². The van der Waals surface area contributed by atoms with Gasteiger partial charge in [-0.3, -0.25) is 43.1 Å². The van der Waals surface area contributed by atoms with E-state index in [1.54, 1.807) is 152 Å². The molecule has 0 bridgehead atoms. The van der Waals surface area contributed by atoms with Crippen LogP contribution in [0.25, 0.3) is 0 Å². The number of rotatable bonds is 20. The van der Waals surface area contributed by atoms with E-state index in [1.807, 2.05) is 277 Å². The second kappa shape index (κ2) is 133. The van der Waals surface area contributed by atoms with Crippen molar-refractivity contribution >= 4 is 86.0 Å². The van der Waals surface area contributed by atoms with Gasteiger partial charge in [-0.05, 0) is 109 Å². The van der Waals surface area contributed by atoms with Gasteiger partial charge in [0, 0.05) is 247 Å². The summed E-state index contributed by atoms with van der Waals surface area (Å²) in [6.07, 6.45) is 14.0. The number of carbonyl (C=O) groups is 4. The first kappa shape index (κ1) is 186. The first-order valence-corrected chi connectivity index (χ1v) is 54.2. The smallest absolute Gasteiger partial charge is 0.261 e. The Balaban J connectivity index is -0.0000000694. The molecule has 4 aromatic heterocycles. The molecule has 12 rings (SSSR count). The number of hydrogen-bond acceptors (Lipinski definition) is 20. The topological polar surface area (TPSA) is 356 Å². The van der Waals surface area contributed by atoms with Gasteiger partial charge in [0.1, 0.15) is 12.0 Å². The Morgan fingerprint density at radius 1 is 0.208 bits per heavy atom. The summed E-state index contributed by atoms with van der Waals surface area (Å²) < 4.78 is 110. The Morgan fingerprint density at radius 3 is 0.674 bits per heavy atom. The summed E-state index contributed by atoms with van der Waals surface area (Å²) >= 11 is 0. The molecular weight excluding hydrogens is 2530 g/mol. The van der Waals surface area contributed by atoms with E-state index in [9.17, 15) is 52.8 Å². The molecule has 4 heterocycles. The quantitative estimate of drug-likeness (QED) is 0.0407. The second-order valence-electron chi connectivity index (χ2n) is 19.6. The van der Waals surface area contributed by atoms with Gasteiger partial charge in [-0.15, -0.1) is 0 Å². The minimum Gasteiger partial charge on any atom is -0.358 e. The largest absolute Gasteiger partial charge is 0.358 e. The minimum absolute atomic E-state index is 0. The molecule has 144 heavy (non-hydrogen) atoms. The number of sulfonamides is 4. The maximum absolute atomic E-state index is 12.6. The molecule has 12 aromatic rings. The van der Waals surface area contributed by atoms with Crippen molar-refractivity contribution < 1.29 is 241 Å². The van der Waals surface area contributed by atoms with Gasteiger partial charge in [0.05, 0.1) is 72.0 Å². The molecule has 0 spiro atoms. The Kier molecular flexibility index (Phi) is 172. The number of benzene rings is 8. The molecule has 8 aromatic carbocycles. The van der Waals surface area contributed by atoms with E-state index in [1.165, 1.54) is 141 Å². The van der Waals surface area contributed by atoms with Crippen LogP contribution in [0.3, 0.4) is 0 Å². The summed E-state index contributed by atoms with van der Waals surface area (Å²) in [4.78, 5) is 74.0. The van der Waals surface area contributed by atoms with Crippen molar-refractivity contribution in [3.8, 4) is 0 Å². The summed E-state index contributed by atoms with van der Waals surface area (Å²) in [5.41, 5.74) is 2.40. The van der Waals surface area contributed by atoms with Crippen LogP contribution < -0.4 is 18.9 Å². The summed E-state index contributed by atoms with van der Waals surface area (Å²) in [5.74, 6) is -1.56. The van der Waals surface area contributed by atoms with Crippen molar-refractivity contribution in [3.05, 3.63) is 367 Å². The minimum atomic E-state index is -3.79. The van der Waals surface area contributed by atoms with Crippen molar-refractivity contribution in [1.82, 2.24) is 40.1 Å². The molecular formula is C112H184N12O12S4Yb4-4. The first-order valence-electron chi connectivity index (χ1n) is 48.2. The number of ketones is 4. The maximum Gasteiger partial charge on any atom is 0.261 e. The summed E-state index contributed by atoms with van der Waals surface area (Å²) in [7, 11) is -15.2. The van der Waals surface area contributed by atoms with Crippen LogP contribution in [0.5, 0.6) is 0 Å². The van der Waals surface area contributed by atoms with Crippen molar-refractivity contribution in [1.29, 1.82) is 0 Å². The molecule has 24 nitrogen and oxygen atoms in total. The molecule has 0 saturated heterocycles. The van der Waals surface area contributed by atoms with E-state index < -0.39 is 51.7 Å². The average Bonchev–Trinajstić information content (AvgIpc) is 0.821. The van der Waals surface area contributed by atoms with Gasteiger partial charge in [0.2, 0.25) is 17.4 Å². The Hall–Kier alpha value is -6.16. The number of para-hydroxylation sites is 4. The molecule has 848 valence electrons. The number of hydrogen-bond donors (Lipinski definition) is 4. The van der Waals surface area contributed by atoms with Gasteiger partial charge in [-0.1, -0.05) is 398 Å². The molecule has 0 aliphatic heterocycles. The van der Waals surface area contributed by atoms with Crippen LogP contribution in [0.2, 0.25) is 0 Å². The third-order valence-corrected chi connectivity index (χ3v) is 18.6. The van der Waals surface area contributed by atoms with Crippen LogP contribution in [0.15, 0.2) is 312 Å². The van der Waals surface area contributed by atoms with Crippen molar-refractivity contribution in [2.24, 2.45) is 0 Å². The monoisotopic (exact) mass is 2710 g/mol. The fraction of sp³-hybridized carbons (Fsp3) is 0.357. The number of nitrogens with zero attached hydrogens (tertiary/aromatic N) is 8. The fourth-order valence-corrected chi connectivity index (χ4v) is 12.9. The van der Waals surface area contributed by atoms with Crippen LogP contribution in [-0.4, -0.2) is 96.9 Å². The zero-order valence-corrected chi connectivity index (χ0v) is 105. The molecule has 0 fully saturated rings. The molecule has 0 amide bonds. The van der Waals surface area contributed by atoms with Crippen LogP contribution in [0, 0.1) is 217 Å². The third kappa shape index (κ3) is 78.1. The van der Waals surface area contributed by atoms with E-state index in [2.05, 4.69) is 59.0 Å². The predicted molar refractivity (Wildman–Crippen MR) is 609 cm³/mol. The standard InChI is InChI=1S/4C17H13N3O3S.20C2H6.4CH3.4Yb/c21-16(17-18-11-6-12-19-17)14-9-4-5-10-15(14)20-24(22,23)13-7-2-1-3-8-13;21-17(13-10-18-12-19-11-13)15-8-4-5-9-16(15)20-24(22,23)14-6-2-1-3-7-14;21-17(13-10-11-18-19-12-13)15-8-4-5-9-16(15)20-24(22,23)14-6-2-1-3-7-14;21-17(16-12-18-10-11-19-16)14-8-4-5-9-15(14)20-24(22,23)13-6-2-1-3-7-13;20*1-2;;;;;;;;/h4*1-12,20H;20*1-2H3;4*1H3;;;;/q;;;;;;;;;;;;;;;;;;;;;;;;4*-1;;;;. The zero-order chi connectivity index (χ0) is 108. The number of anilines is 4. The van der Waals surface area contributed by atoms with Crippen molar-refractivity contribution in [2.75, 3.05) is 18.9 Å². The Morgan fingerprint density at radius 2 is 0.438 bits per heavy atom. The third-order valence-electron chi connectivity index (χ3n) is 13.1. The number of aromatic nitrogens is 8. The average molecular weight is 2710 g/mol. The van der Waals surface area contributed by atoms with Crippen LogP contribution in [0.1, 0.15) is 341 Å². The van der Waals surface area contributed by atoms with E-state index in [-0.39, 0.29) is 311 Å². The predicted octanol–water partition coefficient (Wildman–Crippen LogP) is 32.4. The Labute approximate surface area is 1030 Å². The number of carbonyl (C=O) groups excluding carboxylic acids is 4. The molecule has 4 N–H and O–H groups in total.